The summed E-state index contributed by atoms with van der Waals surface area (Å²) in [5.41, 5.74) is 1.13. The molecule has 1 N–H and O–H groups in total. The molecule has 1 aromatic rings. The van der Waals surface area contributed by atoms with Crippen LogP contribution in [-0.4, -0.2) is 26.2 Å². The number of benzene rings is 1. The molecule has 94 valence electrons. The summed E-state index contributed by atoms with van der Waals surface area (Å²) in [5.74, 6) is 1.07. The number of nitrogens with zero attached hydrogens (tertiary/aromatic N) is 1. The second kappa shape index (κ2) is 5.50. The second-order valence-corrected chi connectivity index (χ2v) is 5.25. The Morgan fingerprint density at radius 3 is 2.12 bits per heavy atom. The van der Waals surface area contributed by atoms with Crippen molar-refractivity contribution in [3.05, 3.63) is 30.1 Å². The summed E-state index contributed by atoms with van der Waals surface area (Å²) in [5, 5.41) is 3.48. The maximum Gasteiger partial charge on any atom is 0.123 e. The van der Waals surface area contributed by atoms with Crippen LogP contribution in [0, 0.1) is 17.7 Å². The average molecular weight is 236 g/mol. The maximum absolute atomic E-state index is 12.9. The Morgan fingerprint density at radius 2 is 1.59 bits per heavy atom. The van der Waals surface area contributed by atoms with Gasteiger partial charge in [0, 0.05) is 18.8 Å². The molecule has 3 heteroatoms. The zero-order valence-electron chi connectivity index (χ0n) is 10.6. The summed E-state index contributed by atoms with van der Waals surface area (Å²) in [4.78, 5) is 2.37. The standard InChI is InChI=1S/C14H21FN2/c1-11-7-16-8-12(2)10-17(9-11)14-5-3-13(15)4-6-14/h3-6,11-12,16H,7-10H2,1-2H3. The van der Waals surface area contributed by atoms with Gasteiger partial charge in [-0.2, -0.15) is 0 Å². The van der Waals surface area contributed by atoms with Gasteiger partial charge in [-0.25, -0.2) is 4.39 Å². The Labute approximate surface area is 103 Å². The molecule has 17 heavy (non-hydrogen) atoms. The number of nitrogens with one attached hydrogen (secondary N) is 1. The van der Waals surface area contributed by atoms with Gasteiger partial charge in [0.05, 0.1) is 0 Å². The van der Waals surface area contributed by atoms with Gasteiger partial charge in [0.25, 0.3) is 0 Å². The van der Waals surface area contributed by atoms with E-state index in [1.54, 1.807) is 12.1 Å². The molecular formula is C14H21FN2. The Morgan fingerprint density at radius 1 is 1.06 bits per heavy atom. The van der Waals surface area contributed by atoms with Crippen molar-refractivity contribution in [2.75, 3.05) is 31.1 Å². The zero-order valence-corrected chi connectivity index (χ0v) is 10.6. The first-order chi connectivity index (χ1) is 8.15. The summed E-state index contributed by atoms with van der Waals surface area (Å²) in [7, 11) is 0. The van der Waals surface area contributed by atoms with Crippen LogP contribution >= 0.6 is 0 Å². The molecule has 1 saturated heterocycles. The van der Waals surface area contributed by atoms with Crippen molar-refractivity contribution in [2.24, 2.45) is 11.8 Å². The molecule has 2 nitrogen and oxygen atoms in total. The van der Waals surface area contributed by atoms with E-state index in [1.807, 2.05) is 12.1 Å². The van der Waals surface area contributed by atoms with Crippen molar-refractivity contribution in [1.82, 2.24) is 5.32 Å². The molecule has 1 fully saturated rings. The van der Waals surface area contributed by atoms with E-state index in [0.29, 0.717) is 11.8 Å². The van der Waals surface area contributed by atoms with Gasteiger partial charge >= 0.3 is 0 Å². The van der Waals surface area contributed by atoms with Crippen molar-refractivity contribution < 1.29 is 4.39 Å². The summed E-state index contributed by atoms with van der Waals surface area (Å²) < 4.78 is 12.9. The van der Waals surface area contributed by atoms with E-state index in [9.17, 15) is 4.39 Å². The minimum atomic E-state index is -0.163. The van der Waals surface area contributed by atoms with Crippen LogP contribution in [-0.2, 0) is 0 Å². The minimum Gasteiger partial charge on any atom is -0.371 e. The highest BCUT2D eigenvalue weighted by Crippen LogP contribution is 2.19. The van der Waals surface area contributed by atoms with Crippen LogP contribution in [0.1, 0.15) is 13.8 Å². The fourth-order valence-electron chi connectivity index (χ4n) is 2.39. The summed E-state index contributed by atoms with van der Waals surface area (Å²) in [6, 6.07) is 6.84. The third-order valence-corrected chi connectivity index (χ3v) is 3.24. The van der Waals surface area contributed by atoms with Gasteiger partial charge in [-0.15, -0.1) is 0 Å². The third-order valence-electron chi connectivity index (χ3n) is 3.24. The van der Waals surface area contributed by atoms with Crippen LogP contribution in [0.25, 0.3) is 0 Å². The van der Waals surface area contributed by atoms with Gasteiger partial charge in [0.2, 0.25) is 0 Å². The lowest BCUT2D eigenvalue weighted by Crippen LogP contribution is -2.42. The molecule has 0 bridgehead atoms. The van der Waals surface area contributed by atoms with Gasteiger partial charge in [-0.05, 0) is 49.2 Å². The van der Waals surface area contributed by atoms with E-state index in [1.165, 1.54) is 0 Å². The highest BCUT2D eigenvalue weighted by Gasteiger charge is 2.17. The first-order valence-electron chi connectivity index (χ1n) is 6.36. The third kappa shape index (κ3) is 3.43. The summed E-state index contributed by atoms with van der Waals surface area (Å²) >= 11 is 0. The molecule has 0 saturated carbocycles. The normalized spacial score (nSPS) is 26.4. The number of rotatable bonds is 1. The smallest absolute Gasteiger partial charge is 0.123 e. The van der Waals surface area contributed by atoms with E-state index in [-0.39, 0.29) is 5.82 Å². The molecule has 0 aromatic heterocycles. The van der Waals surface area contributed by atoms with Crippen LogP contribution in [0.15, 0.2) is 24.3 Å². The van der Waals surface area contributed by atoms with Crippen LogP contribution in [0.5, 0.6) is 0 Å². The quantitative estimate of drug-likeness (QED) is 0.806. The van der Waals surface area contributed by atoms with E-state index in [4.69, 9.17) is 0 Å². The number of halogens is 1. The van der Waals surface area contributed by atoms with Gasteiger partial charge < -0.3 is 10.2 Å². The van der Waals surface area contributed by atoms with Gasteiger partial charge in [-0.1, -0.05) is 13.8 Å². The Kier molecular flexibility index (Phi) is 4.00. The predicted molar refractivity (Wildman–Crippen MR) is 69.8 cm³/mol. The summed E-state index contributed by atoms with van der Waals surface area (Å²) in [6.07, 6.45) is 0. The van der Waals surface area contributed by atoms with Gasteiger partial charge in [0.15, 0.2) is 0 Å². The van der Waals surface area contributed by atoms with Gasteiger partial charge in [-0.3, -0.25) is 0 Å². The lowest BCUT2D eigenvalue weighted by atomic mass is 10.0. The molecule has 1 heterocycles. The Bertz CT molecular complexity index is 338. The van der Waals surface area contributed by atoms with Crippen LogP contribution in [0.4, 0.5) is 10.1 Å². The van der Waals surface area contributed by atoms with Gasteiger partial charge in [0.1, 0.15) is 5.82 Å². The average Bonchev–Trinajstić information content (AvgIpc) is 2.27. The molecular weight excluding hydrogens is 215 g/mol. The predicted octanol–water partition coefficient (Wildman–Crippen LogP) is 2.51. The molecule has 1 aliphatic heterocycles. The minimum absolute atomic E-state index is 0.163. The number of hydrogen-bond acceptors (Lipinski definition) is 2. The number of hydrogen-bond donors (Lipinski definition) is 1. The maximum atomic E-state index is 12.9. The molecule has 1 aromatic carbocycles. The fraction of sp³-hybridized carbons (Fsp3) is 0.571. The van der Waals surface area contributed by atoms with Crippen molar-refractivity contribution in [3.63, 3.8) is 0 Å². The lowest BCUT2D eigenvalue weighted by molar-refractivity contribution is 0.410. The summed E-state index contributed by atoms with van der Waals surface area (Å²) in [6.45, 7) is 8.68. The highest BCUT2D eigenvalue weighted by atomic mass is 19.1. The number of anilines is 1. The molecule has 0 aliphatic carbocycles. The van der Waals surface area contributed by atoms with Crippen molar-refractivity contribution in [3.8, 4) is 0 Å². The molecule has 0 amide bonds. The Balaban J connectivity index is 2.12. The van der Waals surface area contributed by atoms with Crippen molar-refractivity contribution in [2.45, 2.75) is 13.8 Å². The largest absolute Gasteiger partial charge is 0.371 e. The van der Waals surface area contributed by atoms with Crippen LogP contribution in [0.2, 0.25) is 0 Å². The topological polar surface area (TPSA) is 15.3 Å². The molecule has 0 spiro atoms. The first-order valence-corrected chi connectivity index (χ1v) is 6.36. The lowest BCUT2D eigenvalue weighted by Gasteiger charge is -2.33. The van der Waals surface area contributed by atoms with Crippen LogP contribution < -0.4 is 10.2 Å². The molecule has 2 unspecified atom stereocenters. The second-order valence-electron chi connectivity index (χ2n) is 5.25. The van der Waals surface area contributed by atoms with E-state index >= 15 is 0 Å². The molecule has 1 aliphatic rings. The Hall–Kier alpha value is -1.09. The van der Waals surface area contributed by atoms with Crippen molar-refractivity contribution >= 4 is 5.69 Å². The molecule has 0 radical (unpaired) electrons. The van der Waals surface area contributed by atoms with Crippen LogP contribution in [0.3, 0.4) is 0 Å². The zero-order chi connectivity index (χ0) is 12.3. The molecule has 2 atom stereocenters. The van der Waals surface area contributed by atoms with E-state index in [0.717, 1.165) is 31.9 Å². The van der Waals surface area contributed by atoms with E-state index < -0.39 is 0 Å². The fourth-order valence-corrected chi connectivity index (χ4v) is 2.39. The SMILES string of the molecule is CC1CNCC(C)CN(c2ccc(F)cc2)C1. The first kappa shape index (κ1) is 12.4. The highest BCUT2D eigenvalue weighted by molar-refractivity contribution is 5.46. The molecule has 2 rings (SSSR count). The monoisotopic (exact) mass is 236 g/mol. The van der Waals surface area contributed by atoms with E-state index in [2.05, 4.69) is 24.1 Å². The van der Waals surface area contributed by atoms with Crippen molar-refractivity contribution in [1.29, 1.82) is 0 Å².